The van der Waals surface area contributed by atoms with Gasteiger partial charge in [0.15, 0.2) is 0 Å². The van der Waals surface area contributed by atoms with Crippen LogP contribution >= 0.6 is 0 Å². The number of hydrogen-bond donors (Lipinski definition) is 2. The molecule has 0 radical (unpaired) electrons. The summed E-state index contributed by atoms with van der Waals surface area (Å²) in [5, 5.41) is 18.5. The lowest BCUT2D eigenvalue weighted by atomic mass is 10.1. The summed E-state index contributed by atoms with van der Waals surface area (Å²) in [6, 6.07) is 7.52. The minimum Gasteiger partial charge on any atom is -0.494 e. The van der Waals surface area contributed by atoms with Crippen molar-refractivity contribution in [2.45, 2.75) is 77.2 Å². The Hall–Kier alpha value is -1.30. The molecule has 1 unspecified atom stereocenters. The zero-order valence-corrected chi connectivity index (χ0v) is 17.6. The standard InChI is InChI=1S/C23H40O5/c1-2-3-4-5-6-7-8-10-18-27-22-12-14-23(15-13-22)28-20-21(25)19-26-17-11-9-16-24/h12-15,21,24-25H,2-11,16-20H2,1H3. The molecule has 1 atom stereocenters. The van der Waals surface area contributed by atoms with Crippen molar-refractivity contribution >= 4 is 0 Å². The van der Waals surface area contributed by atoms with E-state index >= 15 is 0 Å². The van der Waals surface area contributed by atoms with Crippen LogP contribution in [0.1, 0.15) is 71.1 Å². The molecule has 0 aliphatic carbocycles. The Labute approximate surface area is 171 Å². The van der Waals surface area contributed by atoms with Crippen molar-refractivity contribution in [2.75, 3.05) is 33.0 Å². The molecule has 0 aliphatic rings. The zero-order chi connectivity index (χ0) is 20.3. The first-order valence-corrected chi connectivity index (χ1v) is 11.0. The monoisotopic (exact) mass is 396 g/mol. The average Bonchev–Trinajstić information content (AvgIpc) is 2.72. The maximum absolute atomic E-state index is 9.84. The highest BCUT2D eigenvalue weighted by Gasteiger charge is 2.06. The van der Waals surface area contributed by atoms with Crippen LogP contribution in [-0.4, -0.2) is 49.4 Å². The van der Waals surface area contributed by atoms with Crippen LogP contribution in [0.5, 0.6) is 11.5 Å². The molecule has 1 aromatic carbocycles. The molecule has 0 aliphatic heterocycles. The Morgan fingerprint density at radius 3 is 1.93 bits per heavy atom. The first-order chi connectivity index (χ1) is 13.8. The quantitative estimate of drug-likeness (QED) is 0.331. The molecule has 0 amide bonds. The van der Waals surface area contributed by atoms with Gasteiger partial charge in [-0.25, -0.2) is 0 Å². The zero-order valence-electron chi connectivity index (χ0n) is 17.6. The molecular weight excluding hydrogens is 356 g/mol. The van der Waals surface area contributed by atoms with Gasteiger partial charge in [0.25, 0.3) is 0 Å². The molecule has 1 aromatic rings. The molecule has 5 heteroatoms. The van der Waals surface area contributed by atoms with E-state index in [0.717, 1.165) is 31.6 Å². The van der Waals surface area contributed by atoms with Crippen LogP contribution < -0.4 is 9.47 Å². The van der Waals surface area contributed by atoms with Crippen LogP contribution in [0.25, 0.3) is 0 Å². The second kappa shape index (κ2) is 17.8. The van der Waals surface area contributed by atoms with Gasteiger partial charge in [0.2, 0.25) is 0 Å². The largest absolute Gasteiger partial charge is 0.494 e. The fraction of sp³-hybridized carbons (Fsp3) is 0.739. The summed E-state index contributed by atoms with van der Waals surface area (Å²) in [5.41, 5.74) is 0. The van der Waals surface area contributed by atoms with Crippen LogP contribution in [0.4, 0.5) is 0 Å². The first-order valence-electron chi connectivity index (χ1n) is 11.0. The van der Waals surface area contributed by atoms with Crippen molar-refractivity contribution in [2.24, 2.45) is 0 Å². The van der Waals surface area contributed by atoms with Crippen LogP contribution in [-0.2, 0) is 4.74 Å². The Kier molecular flexibility index (Phi) is 15.7. The minimum absolute atomic E-state index is 0.174. The summed E-state index contributed by atoms with van der Waals surface area (Å²) >= 11 is 0. The van der Waals surface area contributed by atoms with Crippen LogP contribution in [0.3, 0.4) is 0 Å². The van der Waals surface area contributed by atoms with E-state index in [9.17, 15) is 5.11 Å². The predicted octanol–water partition coefficient (Wildman–Crippen LogP) is 4.73. The summed E-state index contributed by atoms with van der Waals surface area (Å²) in [5.74, 6) is 1.56. The van der Waals surface area contributed by atoms with Gasteiger partial charge in [-0.1, -0.05) is 51.9 Å². The number of aliphatic hydroxyl groups is 2. The highest BCUT2D eigenvalue weighted by Crippen LogP contribution is 2.18. The molecule has 162 valence electrons. The molecule has 1 rings (SSSR count). The van der Waals surface area contributed by atoms with Crippen molar-refractivity contribution in [1.82, 2.24) is 0 Å². The highest BCUT2D eigenvalue weighted by molar-refractivity contribution is 5.31. The third-order valence-electron chi connectivity index (χ3n) is 4.54. The Morgan fingerprint density at radius 1 is 0.714 bits per heavy atom. The third-order valence-corrected chi connectivity index (χ3v) is 4.54. The second-order valence-corrected chi connectivity index (χ2v) is 7.27. The van der Waals surface area contributed by atoms with Crippen LogP contribution in [0, 0.1) is 0 Å². The molecule has 0 saturated carbocycles. The van der Waals surface area contributed by atoms with E-state index in [4.69, 9.17) is 19.3 Å². The maximum Gasteiger partial charge on any atom is 0.119 e. The molecule has 0 aromatic heterocycles. The van der Waals surface area contributed by atoms with E-state index in [1.165, 1.54) is 44.9 Å². The fourth-order valence-corrected chi connectivity index (χ4v) is 2.83. The van der Waals surface area contributed by atoms with Gasteiger partial charge in [0.05, 0.1) is 13.2 Å². The van der Waals surface area contributed by atoms with E-state index in [2.05, 4.69) is 6.92 Å². The smallest absolute Gasteiger partial charge is 0.119 e. The van der Waals surface area contributed by atoms with Gasteiger partial charge >= 0.3 is 0 Å². The molecular formula is C23H40O5. The summed E-state index contributed by atoms with van der Waals surface area (Å²) in [6.45, 7) is 4.15. The second-order valence-electron chi connectivity index (χ2n) is 7.27. The van der Waals surface area contributed by atoms with Crippen LogP contribution in [0.15, 0.2) is 24.3 Å². The van der Waals surface area contributed by atoms with Crippen LogP contribution in [0.2, 0.25) is 0 Å². The van der Waals surface area contributed by atoms with Crippen molar-refractivity contribution in [1.29, 1.82) is 0 Å². The van der Waals surface area contributed by atoms with Gasteiger partial charge in [0.1, 0.15) is 24.2 Å². The van der Waals surface area contributed by atoms with Gasteiger partial charge in [0, 0.05) is 13.2 Å². The van der Waals surface area contributed by atoms with Gasteiger partial charge in [-0.15, -0.1) is 0 Å². The van der Waals surface area contributed by atoms with Crippen molar-refractivity contribution in [3.8, 4) is 11.5 Å². The van der Waals surface area contributed by atoms with Gasteiger partial charge in [-0.3, -0.25) is 0 Å². The first kappa shape index (κ1) is 24.7. The van der Waals surface area contributed by atoms with E-state index in [0.29, 0.717) is 12.4 Å². The molecule has 2 N–H and O–H groups in total. The molecule has 0 spiro atoms. The Balaban J connectivity index is 2.04. The molecule has 28 heavy (non-hydrogen) atoms. The van der Waals surface area contributed by atoms with E-state index < -0.39 is 6.10 Å². The number of ether oxygens (including phenoxy) is 3. The highest BCUT2D eigenvalue weighted by atomic mass is 16.5. The number of unbranched alkanes of at least 4 members (excludes halogenated alkanes) is 8. The number of benzene rings is 1. The van der Waals surface area contributed by atoms with E-state index in [1.54, 1.807) is 0 Å². The molecule has 0 fully saturated rings. The number of rotatable bonds is 19. The maximum atomic E-state index is 9.84. The normalized spacial score (nSPS) is 12.1. The summed E-state index contributed by atoms with van der Waals surface area (Å²) in [6.07, 6.45) is 11.2. The lowest BCUT2D eigenvalue weighted by Gasteiger charge is -2.13. The topological polar surface area (TPSA) is 68.2 Å². The predicted molar refractivity (Wildman–Crippen MR) is 113 cm³/mol. The summed E-state index contributed by atoms with van der Waals surface area (Å²) < 4.78 is 16.7. The van der Waals surface area contributed by atoms with Gasteiger partial charge in [-0.2, -0.15) is 0 Å². The lowest BCUT2D eigenvalue weighted by Crippen LogP contribution is -2.23. The Morgan fingerprint density at radius 2 is 1.29 bits per heavy atom. The molecule has 0 heterocycles. The average molecular weight is 397 g/mol. The lowest BCUT2D eigenvalue weighted by molar-refractivity contribution is 0.0103. The number of hydrogen-bond acceptors (Lipinski definition) is 5. The Bertz CT molecular complexity index is 449. The molecule has 0 saturated heterocycles. The van der Waals surface area contributed by atoms with Gasteiger partial charge < -0.3 is 24.4 Å². The summed E-state index contributed by atoms with van der Waals surface area (Å²) in [7, 11) is 0. The van der Waals surface area contributed by atoms with E-state index in [1.807, 2.05) is 24.3 Å². The van der Waals surface area contributed by atoms with Crippen molar-refractivity contribution in [3.63, 3.8) is 0 Å². The minimum atomic E-state index is -0.660. The third kappa shape index (κ3) is 13.8. The fourth-order valence-electron chi connectivity index (χ4n) is 2.83. The molecule has 5 nitrogen and oxygen atoms in total. The van der Waals surface area contributed by atoms with Crippen molar-refractivity contribution in [3.05, 3.63) is 24.3 Å². The number of aliphatic hydroxyl groups excluding tert-OH is 2. The van der Waals surface area contributed by atoms with Crippen molar-refractivity contribution < 1.29 is 24.4 Å². The summed E-state index contributed by atoms with van der Waals surface area (Å²) in [4.78, 5) is 0. The van der Waals surface area contributed by atoms with E-state index in [-0.39, 0.29) is 19.8 Å². The SMILES string of the molecule is CCCCCCCCCCOc1ccc(OCC(O)COCCCCO)cc1. The van der Waals surface area contributed by atoms with Gasteiger partial charge in [-0.05, 0) is 43.5 Å². The molecule has 0 bridgehead atoms.